The molecule has 0 unspecified atom stereocenters. The Bertz CT molecular complexity index is 1270. The Morgan fingerprint density at radius 2 is 1.78 bits per heavy atom. The highest BCUT2D eigenvalue weighted by atomic mass is 32.2. The van der Waals surface area contributed by atoms with E-state index in [-0.39, 0.29) is 5.82 Å². The summed E-state index contributed by atoms with van der Waals surface area (Å²) in [5.74, 6) is 0.636. The minimum atomic E-state index is -0.276. The summed E-state index contributed by atoms with van der Waals surface area (Å²) in [4.78, 5) is 6.60. The summed E-state index contributed by atoms with van der Waals surface area (Å²) in [6.07, 6.45) is 6.41. The van der Waals surface area contributed by atoms with E-state index >= 15 is 4.39 Å². The molecule has 2 aromatic carbocycles. The predicted molar refractivity (Wildman–Crippen MR) is 147 cm³/mol. The molecule has 0 spiro atoms. The maximum atomic E-state index is 15.6. The Morgan fingerprint density at radius 3 is 2.53 bits per heavy atom. The molecular weight excluding hydrogens is 471 g/mol. The van der Waals surface area contributed by atoms with Crippen molar-refractivity contribution in [3.8, 4) is 28.1 Å². The van der Waals surface area contributed by atoms with Crippen LogP contribution in [-0.2, 0) is 6.54 Å². The molecule has 3 heterocycles. The molecule has 4 aromatic rings. The molecule has 5 rings (SSSR count). The maximum absolute atomic E-state index is 15.6. The van der Waals surface area contributed by atoms with Gasteiger partial charge in [0.1, 0.15) is 5.69 Å². The van der Waals surface area contributed by atoms with Crippen LogP contribution in [0.5, 0.6) is 0 Å². The lowest BCUT2D eigenvalue weighted by Gasteiger charge is -2.27. The molecule has 0 saturated carbocycles. The molecule has 0 bridgehead atoms. The highest BCUT2D eigenvalue weighted by Crippen LogP contribution is 2.36. The Morgan fingerprint density at radius 1 is 1.00 bits per heavy atom. The van der Waals surface area contributed by atoms with Crippen LogP contribution in [0.3, 0.4) is 0 Å². The molecule has 1 aliphatic rings. The van der Waals surface area contributed by atoms with Crippen molar-refractivity contribution in [3.05, 3.63) is 84.6 Å². The number of aromatic nitrogens is 3. The Kier molecular flexibility index (Phi) is 7.95. The number of hydrogen-bond acceptors (Lipinski definition) is 6. The van der Waals surface area contributed by atoms with E-state index in [0.29, 0.717) is 11.3 Å². The van der Waals surface area contributed by atoms with Crippen LogP contribution in [0.1, 0.15) is 18.9 Å². The number of pyridine rings is 1. The number of anilines is 1. The second kappa shape index (κ2) is 11.7. The fourth-order valence-corrected chi connectivity index (χ4v) is 4.98. The summed E-state index contributed by atoms with van der Waals surface area (Å²) in [6, 6.07) is 17.8. The van der Waals surface area contributed by atoms with Gasteiger partial charge in [-0.3, -0.25) is 9.88 Å². The number of piperazine rings is 1. The maximum Gasteiger partial charge on any atom is 0.155 e. The first-order valence-corrected chi connectivity index (χ1v) is 13.4. The van der Waals surface area contributed by atoms with Gasteiger partial charge in [-0.05, 0) is 42.3 Å². The SMILES string of the molecule is CCCSNc1cccc(-c2cn(-c3ccc(CN4CCNCC4)cc3)nc2-c2ccncc2)c1F. The molecule has 186 valence electrons. The topological polar surface area (TPSA) is 58.0 Å². The standard InChI is InChI=1S/C28H31FN6S/c1-2-18-36-33-26-5-3-4-24(27(26)29)25-20-35(32-28(25)22-10-12-30-13-11-22)23-8-6-21(7-9-23)19-34-16-14-31-15-17-34/h3-13,20,31,33H,2,14-19H2,1H3. The monoisotopic (exact) mass is 502 g/mol. The molecule has 2 aromatic heterocycles. The van der Waals surface area contributed by atoms with Gasteiger partial charge in [0.25, 0.3) is 0 Å². The minimum absolute atomic E-state index is 0.276. The number of halogens is 1. The Labute approximate surface area is 216 Å². The van der Waals surface area contributed by atoms with Gasteiger partial charge < -0.3 is 10.0 Å². The fourth-order valence-electron chi connectivity index (χ4n) is 4.36. The van der Waals surface area contributed by atoms with E-state index in [4.69, 9.17) is 5.10 Å². The van der Waals surface area contributed by atoms with Crippen molar-refractivity contribution in [1.29, 1.82) is 0 Å². The first kappa shape index (κ1) is 24.5. The second-order valence-electron chi connectivity index (χ2n) is 8.88. The highest BCUT2D eigenvalue weighted by molar-refractivity contribution is 8.00. The molecule has 1 aliphatic heterocycles. The lowest BCUT2D eigenvalue weighted by atomic mass is 10.0. The zero-order valence-electron chi connectivity index (χ0n) is 20.5. The van der Waals surface area contributed by atoms with Crippen molar-refractivity contribution in [1.82, 2.24) is 25.0 Å². The van der Waals surface area contributed by atoms with E-state index < -0.39 is 0 Å². The third-order valence-corrected chi connectivity index (χ3v) is 7.24. The minimum Gasteiger partial charge on any atom is -0.327 e. The van der Waals surface area contributed by atoms with Crippen LogP contribution in [0.15, 0.2) is 73.2 Å². The molecule has 8 heteroatoms. The lowest BCUT2D eigenvalue weighted by Crippen LogP contribution is -2.42. The molecule has 0 amide bonds. The van der Waals surface area contributed by atoms with E-state index in [1.165, 1.54) is 17.5 Å². The van der Waals surface area contributed by atoms with Gasteiger partial charge in [0.05, 0.1) is 11.4 Å². The summed E-state index contributed by atoms with van der Waals surface area (Å²) in [6.45, 7) is 7.25. The van der Waals surface area contributed by atoms with Crippen molar-refractivity contribution in [2.45, 2.75) is 19.9 Å². The summed E-state index contributed by atoms with van der Waals surface area (Å²) in [7, 11) is 0. The quantitative estimate of drug-likeness (QED) is 0.229. The van der Waals surface area contributed by atoms with E-state index in [2.05, 4.69) is 51.1 Å². The van der Waals surface area contributed by atoms with Gasteiger partial charge in [0, 0.05) is 73.8 Å². The number of nitrogens with zero attached hydrogens (tertiary/aromatic N) is 4. The van der Waals surface area contributed by atoms with Gasteiger partial charge in [0.2, 0.25) is 0 Å². The van der Waals surface area contributed by atoms with E-state index in [1.54, 1.807) is 18.5 Å². The van der Waals surface area contributed by atoms with Crippen LogP contribution < -0.4 is 10.0 Å². The van der Waals surface area contributed by atoms with E-state index in [9.17, 15) is 0 Å². The summed E-state index contributed by atoms with van der Waals surface area (Å²) in [5.41, 5.74) is 5.58. The van der Waals surface area contributed by atoms with Crippen molar-refractivity contribution in [3.63, 3.8) is 0 Å². The zero-order chi connectivity index (χ0) is 24.7. The first-order chi connectivity index (χ1) is 17.7. The van der Waals surface area contributed by atoms with Crippen LogP contribution in [0.2, 0.25) is 0 Å². The van der Waals surface area contributed by atoms with Crippen molar-refractivity contribution in [2.75, 3.05) is 36.7 Å². The average molecular weight is 503 g/mol. The van der Waals surface area contributed by atoms with Crippen molar-refractivity contribution in [2.24, 2.45) is 0 Å². The van der Waals surface area contributed by atoms with Gasteiger partial charge in [-0.2, -0.15) is 5.10 Å². The second-order valence-corrected chi connectivity index (χ2v) is 9.78. The molecule has 0 aliphatic carbocycles. The van der Waals surface area contributed by atoms with E-state index in [1.807, 2.05) is 35.1 Å². The zero-order valence-corrected chi connectivity index (χ0v) is 21.3. The molecule has 6 nitrogen and oxygen atoms in total. The first-order valence-electron chi connectivity index (χ1n) is 12.4. The Hall–Kier alpha value is -3.20. The number of rotatable bonds is 9. The average Bonchev–Trinajstić information content (AvgIpc) is 3.37. The van der Waals surface area contributed by atoms with Crippen LogP contribution in [0.25, 0.3) is 28.1 Å². The summed E-state index contributed by atoms with van der Waals surface area (Å²) in [5, 5.41) is 8.29. The molecule has 36 heavy (non-hydrogen) atoms. The summed E-state index contributed by atoms with van der Waals surface area (Å²) >= 11 is 1.51. The van der Waals surface area contributed by atoms with Crippen LogP contribution in [0.4, 0.5) is 10.1 Å². The normalized spacial score (nSPS) is 14.2. The van der Waals surface area contributed by atoms with Crippen molar-refractivity contribution >= 4 is 17.6 Å². The van der Waals surface area contributed by atoms with Gasteiger partial charge in [0.15, 0.2) is 5.82 Å². The van der Waals surface area contributed by atoms with Crippen LogP contribution in [0, 0.1) is 5.82 Å². The Balaban J connectivity index is 1.48. The number of hydrogen-bond donors (Lipinski definition) is 2. The lowest BCUT2D eigenvalue weighted by molar-refractivity contribution is 0.233. The molecular formula is C28H31FN6S. The molecule has 1 fully saturated rings. The fraction of sp³-hybridized carbons (Fsp3) is 0.286. The van der Waals surface area contributed by atoms with Gasteiger partial charge >= 0.3 is 0 Å². The smallest absolute Gasteiger partial charge is 0.155 e. The largest absolute Gasteiger partial charge is 0.327 e. The molecule has 0 radical (unpaired) electrons. The number of benzene rings is 2. The third-order valence-electron chi connectivity index (χ3n) is 6.26. The molecule has 0 atom stereocenters. The summed E-state index contributed by atoms with van der Waals surface area (Å²) < 4.78 is 20.6. The third kappa shape index (κ3) is 5.61. The predicted octanol–water partition coefficient (Wildman–Crippen LogP) is 5.62. The molecule has 2 N–H and O–H groups in total. The van der Waals surface area contributed by atoms with E-state index in [0.717, 1.165) is 67.4 Å². The van der Waals surface area contributed by atoms with Gasteiger partial charge in [-0.1, -0.05) is 43.1 Å². The van der Waals surface area contributed by atoms with Crippen LogP contribution >= 0.6 is 11.9 Å². The van der Waals surface area contributed by atoms with Gasteiger partial charge in [-0.25, -0.2) is 9.07 Å². The number of nitrogens with one attached hydrogen (secondary N) is 2. The van der Waals surface area contributed by atoms with Gasteiger partial charge in [-0.15, -0.1) is 0 Å². The van der Waals surface area contributed by atoms with Crippen LogP contribution in [-0.4, -0.2) is 51.6 Å². The van der Waals surface area contributed by atoms with Crippen molar-refractivity contribution < 1.29 is 4.39 Å². The highest BCUT2D eigenvalue weighted by Gasteiger charge is 2.19. The molecule has 1 saturated heterocycles.